The zero-order chi connectivity index (χ0) is 18.3. The van der Waals surface area contributed by atoms with Crippen LogP contribution < -0.4 is 4.90 Å². The number of fused-ring (bicyclic) bond motifs is 1. The Labute approximate surface area is 163 Å². The van der Waals surface area contributed by atoms with Gasteiger partial charge in [-0.25, -0.2) is 14.4 Å². The van der Waals surface area contributed by atoms with Crippen LogP contribution in [0, 0.1) is 5.82 Å². The number of carbonyl (C=O) groups is 1. The normalized spacial score (nSPS) is 14.9. The van der Waals surface area contributed by atoms with E-state index in [4.69, 9.17) is 23.2 Å². The number of piperazine rings is 1. The van der Waals surface area contributed by atoms with E-state index in [-0.39, 0.29) is 21.5 Å². The second-order valence-corrected chi connectivity index (χ2v) is 7.57. The molecule has 5 nitrogen and oxygen atoms in total. The van der Waals surface area contributed by atoms with Crippen LogP contribution in [0.2, 0.25) is 10.0 Å². The van der Waals surface area contributed by atoms with Crippen LogP contribution in [-0.4, -0.2) is 47.0 Å². The molecule has 1 amide bonds. The number of thiophene rings is 1. The molecule has 0 saturated carbocycles. The third kappa shape index (κ3) is 3.11. The number of aromatic nitrogens is 2. The van der Waals surface area contributed by atoms with E-state index in [1.54, 1.807) is 22.6 Å². The zero-order valence-electron chi connectivity index (χ0n) is 13.5. The highest BCUT2D eigenvalue weighted by atomic mass is 35.5. The molecule has 26 heavy (non-hydrogen) atoms. The van der Waals surface area contributed by atoms with Crippen molar-refractivity contribution < 1.29 is 9.18 Å². The first kappa shape index (κ1) is 17.5. The van der Waals surface area contributed by atoms with Crippen LogP contribution in [0.25, 0.3) is 10.2 Å². The predicted octanol–water partition coefficient (Wildman–Crippen LogP) is 4.10. The molecule has 1 aliphatic rings. The minimum absolute atomic E-state index is 0.0973. The van der Waals surface area contributed by atoms with Gasteiger partial charge in [0.1, 0.15) is 22.8 Å². The van der Waals surface area contributed by atoms with Gasteiger partial charge in [0, 0.05) is 26.2 Å². The molecule has 0 spiro atoms. The molecule has 3 aromatic rings. The molecule has 0 radical (unpaired) electrons. The molecular formula is C17H13Cl2FN4OS. The average molecular weight is 411 g/mol. The molecule has 0 unspecified atom stereocenters. The van der Waals surface area contributed by atoms with Gasteiger partial charge in [-0.3, -0.25) is 4.79 Å². The summed E-state index contributed by atoms with van der Waals surface area (Å²) in [6.45, 7) is 2.24. The van der Waals surface area contributed by atoms with E-state index >= 15 is 0 Å². The summed E-state index contributed by atoms with van der Waals surface area (Å²) in [5.74, 6) is -0.0774. The highest BCUT2D eigenvalue weighted by Gasteiger charge is 2.26. The van der Waals surface area contributed by atoms with E-state index in [1.165, 1.54) is 6.07 Å². The number of amides is 1. The third-order valence-electron chi connectivity index (χ3n) is 4.35. The fourth-order valence-corrected chi connectivity index (χ4v) is 4.20. The molecule has 2 aromatic heterocycles. The van der Waals surface area contributed by atoms with Gasteiger partial charge in [0.2, 0.25) is 0 Å². The first-order chi connectivity index (χ1) is 12.5. The molecule has 0 bridgehead atoms. The molecule has 1 aromatic carbocycles. The second-order valence-electron chi connectivity index (χ2n) is 5.86. The van der Waals surface area contributed by atoms with Crippen molar-refractivity contribution in [1.29, 1.82) is 0 Å². The predicted molar refractivity (Wildman–Crippen MR) is 102 cm³/mol. The SMILES string of the molecule is O=C(c1cc(F)c(Cl)cc1Cl)N1CCN(c2ncnc3sccc23)CC1. The number of nitrogens with zero attached hydrogens (tertiary/aromatic N) is 4. The lowest BCUT2D eigenvalue weighted by Crippen LogP contribution is -2.49. The molecular weight excluding hydrogens is 398 g/mol. The number of benzene rings is 1. The van der Waals surface area contributed by atoms with E-state index in [0.29, 0.717) is 26.2 Å². The lowest BCUT2D eigenvalue weighted by molar-refractivity contribution is 0.0746. The van der Waals surface area contributed by atoms with Crippen LogP contribution in [0.15, 0.2) is 29.9 Å². The van der Waals surface area contributed by atoms with Gasteiger partial charge in [-0.05, 0) is 23.6 Å². The zero-order valence-corrected chi connectivity index (χ0v) is 15.8. The standard InChI is InChI=1S/C17H13Cl2FN4OS/c18-12-8-13(19)14(20)7-11(12)17(25)24-4-2-23(3-5-24)15-10-1-6-26-16(10)22-9-21-15/h1,6-9H,2-5H2. The van der Waals surface area contributed by atoms with Crippen molar-refractivity contribution >= 4 is 56.5 Å². The van der Waals surface area contributed by atoms with Crippen LogP contribution >= 0.6 is 34.5 Å². The molecule has 0 N–H and O–H groups in total. The van der Waals surface area contributed by atoms with Crippen molar-refractivity contribution in [3.8, 4) is 0 Å². The second kappa shape index (κ2) is 6.98. The molecule has 134 valence electrons. The molecule has 0 atom stereocenters. The Bertz CT molecular complexity index is 988. The highest BCUT2D eigenvalue weighted by Crippen LogP contribution is 2.29. The minimum atomic E-state index is -0.654. The lowest BCUT2D eigenvalue weighted by Gasteiger charge is -2.35. The van der Waals surface area contributed by atoms with Crippen LogP contribution in [-0.2, 0) is 0 Å². The van der Waals surface area contributed by atoms with Crippen LogP contribution in [0.3, 0.4) is 0 Å². The van der Waals surface area contributed by atoms with Crippen molar-refractivity contribution in [3.05, 3.63) is 51.3 Å². The number of carbonyl (C=O) groups excluding carboxylic acids is 1. The summed E-state index contributed by atoms with van der Waals surface area (Å²) in [5.41, 5.74) is 0.129. The largest absolute Gasteiger partial charge is 0.352 e. The van der Waals surface area contributed by atoms with Gasteiger partial charge in [-0.2, -0.15) is 0 Å². The molecule has 1 fully saturated rings. The number of rotatable bonds is 2. The van der Waals surface area contributed by atoms with E-state index in [2.05, 4.69) is 14.9 Å². The Morgan fingerprint density at radius 1 is 1.12 bits per heavy atom. The first-order valence-corrected chi connectivity index (χ1v) is 9.55. The summed E-state index contributed by atoms with van der Waals surface area (Å²) in [5, 5.41) is 3.05. The van der Waals surface area contributed by atoms with E-state index < -0.39 is 5.82 Å². The Hall–Kier alpha value is -1.96. The van der Waals surface area contributed by atoms with E-state index in [9.17, 15) is 9.18 Å². The molecule has 0 aliphatic carbocycles. The van der Waals surface area contributed by atoms with Gasteiger partial charge >= 0.3 is 0 Å². The minimum Gasteiger partial charge on any atom is -0.352 e. The maximum Gasteiger partial charge on any atom is 0.255 e. The Morgan fingerprint density at radius 2 is 1.88 bits per heavy atom. The van der Waals surface area contributed by atoms with Crippen molar-refractivity contribution in [2.75, 3.05) is 31.1 Å². The topological polar surface area (TPSA) is 49.3 Å². The summed E-state index contributed by atoms with van der Waals surface area (Å²) < 4.78 is 13.7. The van der Waals surface area contributed by atoms with Gasteiger partial charge in [-0.15, -0.1) is 11.3 Å². The van der Waals surface area contributed by atoms with Crippen LogP contribution in [0.4, 0.5) is 10.2 Å². The summed E-state index contributed by atoms with van der Waals surface area (Å²) in [6, 6.07) is 4.36. The maximum atomic E-state index is 13.7. The quantitative estimate of drug-likeness (QED) is 0.596. The van der Waals surface area contributed by atoms with Gasteiger partial charge < -0.3 is 9.80 Å². The van der Waals surface area contributed by atoms with E-state index in [1.807, 2.05) is 11.4 Å². The maximum absolute atomic E-state index is 13.7. The summed E-state index contributed by atoms with van der Waals surface area (Å²) in [7, 11) is 0. The summed E-state index contributed by atoms with van der Waals surface area (Å²) in [6.07, 6.45) is 1.56. The van der Waals surface area contributed by atoms with Crippen LogP contribution in [0.1, 0.15) is 10.4 Å². The smallest absolute Gasteiger partial charge is 0.255 e. The Balaban J connectivity index is 1.51. The van der Waals surface area contributed by atoms with Crippen molar-refractivity contribution in [2.45, 2.75) is 0 Å². The van der Waals surface area contributed by atoms with E-state index in [0.717, 1.165) is 22.1 Å². The van der Waals surface area contributed by atoms with Gasteiger partial charge in [0.15, 0.2) is 0 Å². The fourth-order valence-electron chi connectivity index (χ4n) is 3.01. The molecule has 4 rings (SSSR count). The third-order valence-corrected chi connectivity index (χ3v) is 5.77. The summed E-state index contributed by atoms with van der Waals surface area (Å²) in [4.78, 5) is 26.1. The molecule has 1 aliphatic heterocycles. The fraction of sp³-hybridized carbons (Fsp3) is 0.235. The first-order valence-electron chi connectivity index (χ1n) is 7.91. The van der Waals surface area contributed by atoms with Crippen LogP contribution in [0.5, 0.6) is 0 Å². The molecule has 3 heterocycles. The van der Waals surface area contributed by atoms with Gasteiger partial charge in [0.25, 0.3) is 5.91 Å². The number of halogens is 3. The lowest BCUT2D eigenvalue weighted by atomic mass is 10.1. The monoisotopic (exact) mass is 410 g/mol. The molecule has 9 heteroatoms. The average Bonchev–Trinajstić information content (AvgIpc) is 3.13. The number of hydrogen-bond acceptors (Lipinski definition) is 5. The Morgan fingerprint density at radius 3 is 2.65 bits per heavy atom. The molecule has 1 saturated heterocycles. The highest BCUT2D eigenvalue weighted by molar-refractivity contribution is 7.16. The van der Waals surface area contributed by atoms with Crippen molar-refractivity contribution in [3.63, 3.8) is 0 Å². The van der Waals surface area contributed by atoms with Crippen molar-refractivity contribution in [1.82, 2.24) is 14.9 Å². The Kier molecular flexibility index (Phi) is 4.69. The summed E-state index contributed by atoms with van der Waals surface area (Å²) >= 11 is 13.3. The number of anilines is 1. The van der Waals surface area contributed by atoms with Gasteiger partial charge in [-0.1, -0.05) is 23.2 Å². The van der Waals surface area contributed by atoms with Gasteiger partial charge in [0.05, 0.1) is 21.0 Å². The number of hydrogen-bond donors (Lipinski definition) is 0. The van der Waals surface area contributed by atoms with Crippen molar-refractivity contribution in [2.24, 2.45) is 0 Å².